The highest BCUT2D eigenvalue weighted by Gasteiger charge is 2.03. The van der Waals surface area contributed by atoms with Crippen molar-refractivity contribution in [1.82, 2.24) is 0 Å². The molecule has 0 spiro atoms. The van der Waals surface area contributed by atoms with E-state index in [-0.39, 0.29) is 4.83 Å². The zero-order chi connectivity index (χ0) is 9.68. The minimum absolute atomic E-state index is 0.125. The smallest absolute Gasteiger partial charge is 0.119 e. The summed E-state index contributed by atoms with van der Waals surface area (Å²) in [4.78, 5) is -0.125. The lowest BCUT2D eigenvalue weighted by atomic mass is 10.1. The monoisotopic (exact) mass is 239 g/mol. The van der Waals surface area contributed by atoms with E-state index >= 15 is 0 Å². The molecule has 13 heavy (non-hydrogen) atoms. The van der Waals surface area contributed by atoms with E-state index in [4.69, 9.17) is 10.00 Å². The maximum atomic E-state index is 8.59. The average Bonchev–Trinajstić information content (AvgIpc) is 2.18. The van der Waals surface area contributed by atoms with Crippen molar-refractivity contribution in [3.63, 3.8) is 0 Å². The van der Waals surface area contributed by atoms with Crippen LogP contribution in [0.4, 0.5) is 0 Å². The van der Waals surface area contributed by atoms with Gasteiger partial charge in [-0.1, -0.05) is 28.1 Å². The summed E-state index contributed by atoms with van der Waals surface area (Å²) in [6.45, 7) is 0. The van der Waals surface area contributed by atoms with Gasteiger partial charge in [0.15, 0.2) is 0 Å². The fraction of sp³-hybridized carbons (Fsp3) is 0.300. The van der Waals surface area contributed by atoms with E-state index in [2.05, 4.69) is 22.0 Å². The van der Waals surface area contributed by atoms with Gasteiger partial charge in [0, 0.05) is 0 Å². The molecule has 1 unspecified atom stereocenters. The van der Waals surface area contributed by atoms with E-state index in [1.807, 2.05) is 24.3 Å². The number of alkyl halides is 1. The average molecular weight is 240 g/mol. The molecular formula is C10H10BrNO. The van der Waals surface area contributed by atoms with Crippen molar-refractivity contribution < 1.29 is 4.74 Å². The fourth-order valence-corrected chi connectivity index (χ4v) is 1.43. The number of ether oxygens (including phenoxy) is 1. The molecule has 1 rings (SSSR count). The van der Waals surface area contributed by atoms with Crippen molar-refractivity contribution in [2.75, 3.05) is 7.11 Å². The first-order valence-electron chi connectivity index (χ1n) is 3.93. The Kier molecular flexibility index (Phi) is 3.78. The van der Waals surface area contributed by atoms with Gasteiger partial charge >= 0.3 is 0 Å². The number of hydrogen-bond donors (Lipinski definition) is 0. The third kappa shape index (κ3) is 3.08. The van der Waals surface area contributed by atoms with Crippen LogP contribution in [-0.4, -0.2) is 11.9 Å². The first-order valence-corrected chi connectivity index (χ1v) is 4.84. The van der Waals surface area contributed by atoms with E-state index in [0.717, 1.165) is 11.3 Å². The molecular weight excluding hydrogens is 230 g/mol. The number of halogens is 1. The highest BCUT2D eigenvalue weighted by Crippen LogP contribution is 2.15. The van der Waals surface area contributed by atoms with E-state index in [0.29, 0.717) is 6.42 Å². The second-order valence-electron chi connectivity index (χ2n) is 2.65. The van der Waals surface area contributed by atoms with Gasteiger partial charge in [0.2, 0.25) is 0 Å². The number of rotatable bonds is 3. The van der Waals surface area contributed by atoms with Gasteiger partial charge in [0.1, 0.15) is 10.6 Å². The maximum Gasteiger partial charge on any atom is 0.119 e. The molecule has 1 aromatic carbocycles. The number of hydrogen-bond acceptors (Lipinski definition) is 2. The van der Waals surface area contributed by atoms with E-state index in [1.54, 1.807) is 7.11 Å². The molecule has 0 saturated carbocycles. The van der Waals surface area contributed by atoms with Crippen LogP contribution in [0.25, 0.3) is 0 Å². The van der Waals surface area contributed by atoms with Crippen LogP contribution in [-0.2, 0) is 6.42 Å². The van der Waals surface area contributed by atoms with Crippen LogP contribution in [0.2, 0.25) is 0 Å². The standard InChI is InChI=1S/C10H10BrNO/c1-13-10-4-2-3-8(6-10)5-9(11)7-12/h2-4,6,9H,5H2,1H3. The third-order valence-corrected chi connectivity index (χ3v) is 2.22. The Morgan fingerprint density at radius 2 is 2.38 bits per heavy atom. The number of benzene rings is 1. The minimum atomic E-state index is -0.125. The molecule has 0 aliphatic carbocycles. The SMILES string of the molecule is COc1cccc(CC(Br)C#N)c1. The van der Waals surface area contributed by atoms with Gasteiger partial charge < -0.3 is 4.74 Å². The van der Waals surface area contributed by atoms with Crippen LogP contribution >= 0.6 is 15.9 Å². The van der Waals surface area contributed by atoms with Crippen molar-refractivity contribution in [1.29, 1.82) is 5.26 Å². The Labute approximate surface area is 86.3 Å². The second-order valence-corrected chi connectivity index (χ2v) is 3.76. The van der Waals surface area contributed by atoms with Crippen molar-refractivity contribution >= 4 is 15.9 Å². The molecule has 0 bridgehead atoms. The minimum Gasteiger partial charge on any atom is -0.497 e. The molecule has 3 heteroatoms. The lowest BCUT2D eigenvalue weighted by Crippen LogP contribution is -1.98. The van der Waals surface area contributed by atoms with Crippen molar-refractivity contribution in [2.24, 2.45) is 0 Å². The zero-order valence-electron chi connectivity index (χ0n) is 7.33. The molecule has 0 radical (unpaired) electrons. The summed E-state index contributed by atoms with van der Waals surface area (Å²) < 4.78 is 5.07. The quantitative estimate of drug-likeness (QED) is 0.760. The Balaban J connectivity index is 2.73. The molecule has 0 amide bonds. The Morgan fingerprint density at radius 3 is 3.00 bits per heavy atom. The van der Waals surface area contributed by atoms with Crippen LogP contribution in [0.5, 0.6) is 5.75 Å². The first-order chi connectivity index (χ1) is 6.26. The largest absolute Gasteiger partial charge is 0.497 e. The van der Waals surface area contributed by atoms with Gasteiger partial charge in [-0.15, -0.1) is 0 Å². The number of nitriles is 1. The Morgan fingerprint density at radius 1 is 1.62 bits per heavy atom. The van der Waals surface area contributed by atoms with Crippen molar-refractivity contribution in [3.05, 3.63) is 29.8 Å². The zero-order valence-corrected chi connectivity index (χ0v) is 8.91. The summed E-state index contributed by atoms with van der Waals surface area (Å²) in [5, 5.41) is 8.59. The first kappa shape index (κ1) is 10.1. The van der Waals surface area contributed by atoms with Gasteiger partial charge in [-0.2, -0.15) is 5.26 Å². The fourth-order valence-electron chi connectivity index (χ4n) is 1.05. The molecule has 1 atom stereocenters. The number of nitrogens with zero attached hydrogens (tertiary/aromatic N) is 1. The molecule has 0 aliphatic rings. The van der Waals surface area contributed by atoms with Crippen LogP contribution in [0, 0.1) is 11.3 Å². The van der Waals surface area contributed by atoms with Crippen LogP contribution in [0.15, 0.2) is 24.3 Å². The second kappa shape index (κ2) is 4.88. The summed E-state index contributed by atoms with van der Waals surface area (Å²) in [6, 6.07) is 9.85. The molecule has 0 N–H and O–H groups in total. The van der Waals surface area contributed by atoms with Crippen molar-refractivity contribution in [2.45, 2.75) is 11.2 Å². The number of methoxy groups -OCH3 is 1. The molecule has 0 aliphatic heterocycles. The third-order valence-electron chi connectivity index (χ3n) is 1.69. The van der Waals surface area contributed by atoms with Crippen molar-refractivity contribution in [3.8, 4) is 11.8 Å². The van der Waals surface area contributed by atoms with Crippen LogP contribution < -0.4 is 4.74 Å². The topological polar surface area (TPSA) is 33.0 Å². The molecule has 68 valence electrons. The summed E-state index contributed by atoms with van der Waals surface area (Å²) >= 11 is 3.26. The lowest BCUT2D eigenvalue weighted by Gasteiger charge is -2.04. The van der Waals surface area contributed by atoms with Gasteiger partial charge in [-0.25, -0.2) is 0 Å². The van der Waals surface area contributed by atoms with Gasteiger partial charge in [-0.05, 0) is 24.1 Å². The lowest BCUT2D eigenvalue weighted by molar-refractivity contribution is 0.414. The molecule has 0 saturated heterocycles. The predicted molar refractivity (Wildman–Crippen MR) is 55.0 cm³/mol. The Bertz CT molecular complexity index is 319. The molecule has 1 aromatic rings. The molecule has 0 aromatic heterocycles. The maximum absolute atomic E-state index is 8.59. The van der Waals surface area contributed by atoms with Gasteiger partial charge in [0.25, 0.3) is 0 Å². The van der Waals surface area contributed by atoms with Crippen LogP contribution in [0.3, 0.4) is 0 Å². The summed E-state index contributed by atoms with van der Waals surface area (Å²) in [6.07, 6.45) is 0.702. The van der Waals surface area contributed by atoms with Gasteiger partial charge in [0.05, 0.1) is 13.2 Å². The van der Waals surface area contributed by atoms with E-state index in [1.165, 1.54) is 0 Å². The van der Waals surface area contributed by atoms with Crippen LogP contribution in [0.1, 0.15) is 5.56 Å². The van der Waals surface area contributed by atoms with E-state index in [9.17, 15) is 0 Å². The highest BCUT2D eigenvalue weighted by atomic mass is 79.9. The normalized spacial score (nSPS) is 11.8. The molecule has 2 nitrogen and oxygen atoms in total. The summed E-state index contributed by atoms with van der Waals surface area (Å²) in [7, 11) is 1.63. The Hall–Kier alpha value is -1.01. The summed E-state index contributed by atoms with van der Waals surface area (Å²) in [5.41, 5.74) is 1.10. The molecule has 0 heterocycles. The van der Waals surface area contributed by atoms with E-state index < -0.39 is 0 Å². The van der Waals surface area contributed by atoms with Gasteiger partial charge in [-0.3, -0.25) is 0 Å². The summed E-state index contributed by atoms with van der Waals surface area (Å²) in [5.74, 6) is 0.829. The predicted octanol–water partition coefficient (Wildman–Crippen LogP) is 2.52. The highest BCUT2D eigenvalue weighted by molar-refractivity contribution is 9.09. The molecule has 0 fully saturated rings.